The molecule has 6 heteroatoms. The number of hydrogen-bond acceptors (Lipinski definition) is 4. The van der Waals surface area contributed by atoms with Gasteiger partial charge in [0, 0.05) is 38.8 Å². The quantitative estimate of drug-likeness (QED) is 0.807. The number of likely N-dealkylation sites (tertiary alicyclic amines) is 1. The highest BCUT2D eigenvalue weighted by Gasteiger charge is 2.19. The zero-order valence-corrected chi connectivity index (χ0v) is 16.4. The minimum atomic E-state index is -0.0117. The number of carbonyl (C=O) groups excluding carboxylic acids is 2. The van der Waals surface area contributed by atoms with E-state index in [1.807, 2.05) is 37.9 Å². The van der Waals surface area contributed by atoms with Crippen molar-refractivity contribution in [2.24, 2.45) is 0 Å². The summed E-state index contributed by atoms with van der Waals surface area (Å²) in [4.78, 5) is 28.4. The van der Waals surface area contributed by atoms with E-state index in [9.17, 15) is 9.59 Å². The average Bonchev–Trinajstić information content (AvgIpc) is 2.65. The molecule has 1 heterocycles. The topological polar surface area (TPSA) is 61.9 Å². The first-order valence-electron chi connectivity index (χ1n) is 9.36. The zero-order valence-electron chi connectivity index (χ0n) is 16.4. The van der Waals surface area contributed by atoms with E-state index in [0.717, 1.165) is 43.6 Å². The first-order valence-corrected chi connectivity index (χ1v) is 9.36. The Morgan fingerprint density at radius 2 is 1.77 bits per heavy atom. The molecule has 1 fully saturated rings. The number of benzene rings is 1. The summed E-state index contributed by atoms with van der Waals surface area (Å²) in [5, 5.41) is 3.04. The molecule has 0 radical (unpaired) electrons. The second-order valence-electron chi connectivity index (χ2n) is 7.00. The first-order chi connectivity index (χ1) is 12.4. The molecule has 1 N–H and O–H groups in total. The number of piperidine rings is 1. The number of likely N-dealkylation sites (N-methyl/N-ethyl adjacent to an activating group) is 2. The van der Waals surface area contributed by atoms with Crippen LogP contribution >= 0.6 is 0 Å². The van der Waals surface area contributed by atoms with E-state index in [1.54, 1.807) is 11.9 Å². The van der Waals surface area contributed by atoms with Gasteiger partial charge in [0.2, 0.25) is 0 Å². The summed E-state index contributed by atoms with van der Waals surface area (Å²) in [5.41, 5.74) is 2.40. The Morgan fingerprint density at radius 1 is 1.15 bits per heavy atom. The Hall–Kier alpha value is -2.08. The van der Waals surface area contributed by atoms with Crippen molar-refractivity contribution in [2.45, 2.75) is 33.1 Å². The van der Waals surface area contributed by atoms with E-state index < -0.39 is 0 Å². The third kappa shape index (κ3) is 5.21. The van der Waals surface area contributed by atoms with Crippen molar-refractivity contribution in [1.82, 2.24) is 15.1 Å². The van der Waals surface area contributed by atoms with Crippen LogP contribution in [0.3, 0.4) is 0 Å². The van der Waals surface area contributed by atoms with Gasteiger partial charge in [-0.3, -0.25) is 9.59 Å². The van der Waals surface area contributed by atoms with Crippen LogP contribution in [0.1, 0.15) is 40.7 Å². The zero-order chi connectivity index (χ0) is 19.1. The maximum Gasteiger partial charge on any atom is 0.260 e. The van der Waals surface area contributed by atoms with Gasteiger partial charge in [0.15, 0.2) is 6.61 Å². The largest absolute Gasteiger partial charge is 0.483 e. The lowest BCUT2D eigenvalue weighted by atomic mass is 10.0. The van der Waals surface area contributed by atoms with Crippen molar-refractivity contribution < 1.29 is 14.3 Å². The van der Waals surface area contributed by atoms with Gasteiger partial charge in [0.1, 0.15) is 5.75 Å². The summed E-state index contributed by atoms with van der Waals surface area (Å²) in [6, 6.07) is 3.68. The number of nitrogens with zero attached hydrogens (tertiary/aromatic N) is 2. The molecule has 1 aliphatic rings. The number of aryl methyl sites for hydroxylation is 2. The Balaban J connectivity index is 2.02. The summed E-state index contributed by atoms with van der Waals surface area (Å²) in [7, 11) is 3.66. The van der Waals surface area contributed by atoms with E-state index in [0.29, 0.717) is 17.9 Å². The maximum absolute atomic E-state index is 12.5. The Morgan fingerprint density at radius 3 is 2.35 bits per heavy atom. The highest BCUT2D eigenvalue weighted by atomic mass is 16.5. The van der Waals surface area contributed by atoms with E-state index >= 15 is 0 Å². The molecule has 1 saturated heterocycles. The number of amides is 2. The lowest BCUT2D eigenvalue weighted by molar-refractivity contribution is -0.134. The van der Waals surface area contributed by atoms with Crippen LogP contribution in [0.5, 0.6) is 5.75 Å². The van der Waals surface area contributed by atoms with Crippen molar-refractivity contribution in [1.29, 1.82) is 0 Å². The van der Waals surface area contributed by atoms with Gasteiger partial charge in [-0.25, -0.2) is 0 Å². The van der Waals surface area contributed by atoms with Crippen LogP contribution in [0, 0.1) is 13.8 Å². The SMILES string of the molecule is CNCCN(C)C(=O)c1cc(C)c(OCC(=O)N2CCCCC2)c(C)c1. The van der Waals surface area contributed by atoms with Gasteiger partial charge in [-0.15, -0.1) is 0 Å². The molecule has 0 aromatic heterocycles. The monoisotopic (exact) mass is 361 g/mol. The van der Waals surface area contributed by atoms with Crippen LogP contribution in [0.2, 0.25) is 0 Å². The minimum absolute atomic E-state index is 0.0117. The number of hydrogen-bond donors (Lipinski definition) is 1. The summed E-state index contributed by atoms with van der Waals surface area (Å²) in [5.74, 6) is 0.725. The normalized spacial score (nSPS) is 14.2. The van der Waals surface area contributed by atoms with Crippen LogP contribution in [0.25, 0.3) is 0 Å². The highest BCUT2D eigenvalue weighted by Crippen LogP contribution is 2.25. The second-order valence-corrected chi connectivity index (χ2v) is 7.00. The van der Waals surface area contributed by atoms with E-state index in [-0.39, 0.29) is 18.4 Å². The molecule has 1 aromatic rings. The molecule has 2 rings (SSSR count). The molecule has 26 heavy (non-hydrogen) atoms. The Kier molecular flexibility index (Phi) is 7.45. The van der Waals surface area contributed by atoms with Crippen molar-refractivity contribution >= 4 is 11.8 Å². The van der Waals surface area contributed by atoms with Crippen molar-refractivity contribution in [3.05, 3.63) is 28.8 Å². The molecule has 144 valence electrons. The molecule has 0 saturated carbocycles. The molecule has 1 aliphatic heterocycles. The van der Waals surface area contributed by atoms with Crippen LogP contribution < -0.4 is 10.1 Å². The number of nitrogens with one attached hydrogen (secondary N) is 1. The van der Waals surface area contributed by atoms with Gasteiger partial charge in [0.05, 0.1) is 0 Å². The summed E-state index contributed by atoms with van der Waals surface area (Å²) < 4.78 is 5.82. The first kappa shape index (κ1) is 20.2. The van der Waals surface area contributed by atoms with Gasteiger partial charge in [0.25, 0.3) is 11.8 Å². The van der Waals surface area contributed by atoms with Gasteiger partial charge >= 0.3 is 0 Å². The lowest BCUT2D eigenvalue weighted by Crippen LogP contribution is -2.38. The van der Waals surface area contributed by atoms with E-state index in [2.05, 4.69) is 5.32 Å². The number of rotatable bonds is 7. The molecule has 0 aliphatic carbocycles. The lowest BCUT2D eigenvalue weighted by Gasteiger charge is -2.27. The van der Waals surface area contributed by atoms with Crippen molar-refractivity contribution in [3.8, 4) is 5.75 Å². The van der Waals surface area contributed by atoms with Gasteiger partial charge in [-0.05, 0) is 63.4 Å². The maximum atomic E-state index is 12.5. The molecule has 0 spiro atoms. The van der Waals surface area contributed by atoms with Gasteiger partial charge < -0.3 is 19.9 Å². The standard InChI is InChI=1S/C20H31N3O3/c1-15-12-17(20(25)22(4)11-8-21-3)13-16(2)19(15)26-14-18(24)23-9-6-5-7-10-23/h12-13,21H,5-11,14H2,1-4H3. The molecule has 0 atom stereocenters. The van der Waals surface area contributed by atoms with Crippen molar-refractivity contribution in [3.63, 3.8) is 0 Å². The van der Waals surface area contributed by atoms with E-state index in [1.165, 1.54) is 6.42 Å². The fourth-order valence-corrected chi connectivity index (χ4v) is 3.27. The van der Waals surface area contributed by atoms with Crippen LogP contribution in [0.4, 0.5) is 0 Å². The molecule has 6 nitrogen and oxygen atoms in total. The van der Waals surface area contributed by atoms with Crippen LogP contribution in [0.15, 0.2) is 12.1 Å². The summed E-state index contributed by atoms with van der Waals surface area (Å²) >= 11 is 0. The van der Waals surface area contributed by atoms with E-state index in [4.69, 9.17) is 4.74 Å². The van der Waals surface area contributed by atoms with Gasteiger partial charge in [-0.1, -0.05) is 0 Å². The van der Waals surface area contributed by atoms with Gasteiger partial charge in [-0.2, -0.15) is 0 Å². The number of ether oxygens (including phenoxy) is 1. The molecule has 2 amide bonds. The predicted octanol–water partition coefficient (Wildman–Crippen LogP) is 1.99. The molecular weight excluding hydrogens is 330 g/mol. The average molecular weight is 361 g/mol. The van der Waals surface area contributed by atoms with Crippen LogP contribution in [-0.2, 0) is 4.79 Å². The Bertz CT molecular complexity index is 616. The molecule has 0 unspecified atom stereocenters. The second kappa shape index (κ2) is 9.57. The smallest absolute Gasteiger partial charge is 0.260 e. The molecule has 0 bridgehead atoms. The Labute approximate surface area is 156 Å². The highest BCUT2D eigenvalue weighted by molar-refractivity contribution is 5.94. The third-order valence-electron chi connectivity index (χ3n) is 4.80. The fourth-order valence-electron chi connectivity index (χ4n) is 3.27. The summed E-state index contributed by atoms with van der Waals surface area (Å²) in [6.07, 6.45) is 3.34. The summed E-state index contributed by atoms with van der Waals surface area (Å²) in [6.45, 7) is 6.93. The van der Waals surface area contributed by atoms with Crippen molar-refractivity contribution in [2.75, 3.05) is 46.9 Å². The molecular formula is C20H31N3O3. The number of carbonyl (C=O) groups is 2. The predicted molar refractivity (Wildman–Crippen MR) is 103 cm³/mol. The third-order valence-corrected chi connectivity index (χ3v) is 4.80. The van der Waals surface area contributed by atoms with Crippen LogP contribution in [-0.4, -0.2) is 68.5 Å². The minimum Gasteiger partial charge on any atom is -0.483 e. The fraction of sp³-hybridized carbons (Fsp3) is 0.600. The molecule has 1 aromatic carbocycles.